The molecule has 0 aromatic heterocycles. The first kappa shape index (κ1) is 17.8. The van der Waals surface area contributed by atoms with E-state index in [2.05, 4.69) is 5.32 Å². The molecule has 2 fully saturated rings. The second-order valence-electron chi connectivity index (χ2n) is 8.45. The first-order chi connectivity index (χ1) is 10.4. The Hall–Kier alpha value is -1.50. The van der Waals surface area contributed by atoms with Crippen LogP contribution >= 0.6 is 0 Å². The smallest absolute Gasteiger partial charge is 0.410 e. The number of ether oxygens (including phenoxy) is 2. The van der Waals surface area contributed by atoms with E-state index in [9.17, 15) is 9.59 Å². The average Bonchev–Trinajstić information content (AvgIpc) is 2.31. The van der Waals surface area contributed by atoms with Crippen molar-refractivity contribution in [2.75, 3.05) is 32.7 Å². The molecule has 0 saturated carbocycles. The highest BCUT2D eigenvalue weighted by Crippen LogP contribution is 2.27. The van der Waals surface area contributed by atoms with Gasteiger partial charge in [-0.15, -0.1) is 0 Å². The third-order valence-electron chi connectivity index (χ3n) is 3.67. The number of piperazine rings is 1. The zero-order valence-corrected chi connectivity index (χ0v) is 15.1. The summed E-state index contributed by atoms with van der Waals surface area (Å²) in [6, 6.07) is 0. The van der Waals surface area contributed by atoms with E-state index in [0.717, 1.165) is 0 Å². The Morgan fingerprint density at radius 2 is 1.30 bits per heavy atom. The Labute approximate surface area is 138 Å². The van der Waals surface area contributed by atoms with Gasteiger partial charge in [0.25, 0.3) is 0 Å². The minimum Gasteiger partial charge on any atom is -0.444 e. The van der Waals surface area contributed by atoms with Gasteiger partial charge in [0.1, 0.15) is 11.2 Å². The molecule has 2 amide bonds. The Bertz CT molecular complexity index is 473. The van der Waals surface area contributed by atoms with E-state index in [-0.39, 0.29) is 17.7 Å². The molecule has 0 aromatic rings. The van der Waals surface area contributed by atoms with Gasteiger partial charge in [0, 0.05) is 32.7 Å². The number of amides is 2. The summed E-state index contributed by atoms with van der Waals surface area (Å²) in [6.07, 6.45) is -0.603. The molecular formula is C16H29N3O4. The number of hydrogen-bond donors (Lipinski definition) is 1. The highest BCUT2D eigenvalue weighted by molar-refractivity contribution is 5.71. The van der Waals surface area contributed by atoms with Crippen molar-refractivity contribution < 1.29 is 19.1 Å². The van der Waals surface area contributed by atoms with Gasteiger partial charge in [-0.1, -0.05) is 0 Å². The molecule has 7 heteroatoms. The monoisotopic (exact) mass is 327 g/mol. The van der Waals surface area contributed by atoms with E-state index in [1.165, 1.54) is 0 Å². The van der Waals surface area contributed by atoms with E-state index < -0.39 is 11.2 Å². The first-order valence-corrected chi connectivity index (χ1v) is 8.10. The summed E-state index contributed by atoms with van der Waals surface area (Å²) in [6.45, 7) is 14.1. The Kier molecular flexibility index (Phi) is 4.54. The Morgan fingerprint density at radius 1 is 0.870 bits per heavy atom. The van der Waals surface area contributed by atoms with Gasteiger partial charge in [-0.3, -0.25) is 0 Å². The molecule has 2 saturated heterocycles. The molecule has 0 radical (unpaired) electrons. The summed E-state index contributed by atoms with van der Waals surface area (Å²) in [7, 11) is 0. The van der Waals surface area contributed by atoms with E-state index >= 15 is 0 Å². The van der Waals surface area contributed by atoms with Crippen LogP contribution in [0.25, 0.3) is 0 Å². The quantitative estimate of drug-likeness (QED) is 0.735. The number of carbonyl (C=O) groups is 2. The van der Waals surface area contributed by atoms with Gasteiger partial charge >= 0.3 is 12.2 Å². The highest BCUT2D eigenvalue weighted by atomic mass is 16.6. The van der Waals surface area contributed by atoms with Gasteiger partial charge in [-0.2, -0.15) is 0 Å². The van der Waals surface area contributed by atoms with Gasteiger partial charge in [0.2, 0.25) is 0 Å². The molecule has 0 unspecified atom stereocenters. The van der Waals surface area contributed by atoms with E-state index in [4.69, 9.17) is 9.47 Å². The van der Waals surface area contributed by atoms with Crippen LogP contribution in [0.3, 0.4) is 0 Å². The van der Waals surface area contributed by atoms with Crippen molar-refractivity contribution >= 4 is 12.2 Å². The lowest BCUT2D eigenvalue weighted by atomic mass is 9.88. The fraction of sp³-hybridized carbons (Fsp3) is 0.875. The molecule has 0 aliphatic carbocycles. The van der Waals surface area contributed by atoms with Crippen molar-refractivity contribution in [1.82, 2.24) is 15.1 Å². The molecule has 1 spiro atoms. The number of likely N-dealkylation sites (tertiary alicyclic amines) is 1. The van der Waals surface area contributed by atoms with Gasteiger partial charge in [-0.05, 0) is 41.5 Å². The third-order valence-corrected chi connectivity index (χ3v) is 3.67. The number of hydrogen-bond acceptors (Lipinski definition) is 5. The summed E-state index contributed by atoms with van der Waals surface area (Å²) in [5.41, 5.74) is -1.24. The molecule has 2 heterocycles. The molecule has 132 valence electrons. The van der Waals surface area contributed by atoms with Crippen molar-refractivity contribution in [3.05, 3.63) is 0 Å². The fourth-order valence-electron chi connectivity index (χ4n) is 2.79. The van der Waals surface area contributed by atoms with E-state index in [1.54, 1.807) is 9.80 Å². The van der Waals surface area contributed by atoms with Crippen LogP contribution in [-0.4, -0.2) is 71.5 Å². The van der Waals surface area contributed by atoms with Crippen molar-refractivity contribution in [3.63, 3.8) is 0 Å². The Morgan fingerprint density at radius 3 is 1.78 bits per heavy atom. The van der Waals surface area contributed by atoms with Crippen LogP contribution in [0.4, 0.5) is 9.59 Å². The van der Waals surface area contributed by atoms with E-state index in [0.29, 0.717) is 32.7 Å². The molecule has 23 heavy (non-hydrogen) atoms. The number of carbonyl (C=O) groups excluding carboxylic acids is 2. The zero-order chi connectivity index (χ0) is 17.5. The van der Waals surface area contributed by atoms with Crippen molar-refractivity contribution in [2.24, 2.45) is 0 Å². The van der Waals surface area contributed by atoms with Crippen LogP contribution in [0.1, 0.15) is 41.5 Å². The lowest BCUT2D eigenvalue weighted by molar-refractivity contribution is -0.0398. The van der Waals surface area contributed by atoms with Crippen LogP contribution in [0.15, 0.2) is 0 Å². The summed E-state index contributed by atoms with van der Waals surface area (Å²) in [5.74, 6) is 0. The second-order valence-corrected chi connectivity index (χ2v) is 8.45. The number of rotatable bonds is 0. The topological polar surface area (TPSA) is 71.1 Å². The van der Waals surface area contributed by atoms with Crippen molar-refractivity contribution in [1.29, 1.82) is 0 Å². The summed E-state index contributed by atoms with van der Waals surface area (Å²) in [4.78, 5) is 27.6. The van der Waals surface area contributed by atoms with Crippen molar-refractivity contribution in [2.45, 2.75) is 58.3 Å². The maximum absolute atomic E-state index is 12.2. The maximum atomic E-state index is 12.2. The fourth-order valence-corrected chi connectivity index (χ4v) is 2.79. The first-order valence-electron chi connectivity index (χ1n) is 8.10. The second kappa shape index (κ2) is 5.85. The van der Waals surface area contributed by atoms with Gasteiger partial charge in [-0.25, -0.2) is 9.59 Å². The molecule has 0 aromatic carbocycles. The van der Waals surface area contributed by atoms with Crippen molar-refractivity contribution in [3.8, 4) is 0 Å². The predicted octanol–water partition coefficient (Wildman–Crippen LogP) is 1.82. The van der Waals surface area contributed by atoms with Gasteiger partial charge in [0.05, 0.1) is 5.54 Å². The molecular weight excluding hydrogens is 298 g/mol. The zero-order valence-electron chi connectivity index (χ0n) is 15.1. The largest absolute Gasteiger partial charge is 0.444 e. The normalized spacial score (nSPS) is 21.0. The van der Waals surface area contributed by atoms with Gasteiger partial charge < -0.3 is 24.6 Å². The molecule has 2 aliphatic rings. The average molecular weight is 327 g/mol. The molecule has 0 bridgehead atoms. The minimum absolute atomic E-state index is 0.244. The lowest BCUT2D eigenvalue weighted by Crippen LogP contribution is -2.77. The summed E-state index contributed by atoms with van der Waals surface area (Å²) < 4.78 is 10.8. The molecule has 0 atom stereocenters. The minimum atomic E-state index is -0.503. The van der Waals surface area contributed by atoms with Crippen LogP contribution in [0.2, 0.25) is 0 Å². The SMILES string of the molecule is CC(C)(C)OC(=O)N1CCNC2(C1)CN(C(=O)OC(C)(C)C)C2. The summed E-state index contributed by atoms with van der Waals surface area (Å²) in [5, 5.41) is 3.43. The molecule has 2 rings (SSSR count). The third kappa shape index (κ3) is 4.73. The van der Waals surface area contributed by atoms with Crippen LogP contribution in [0, 0.1) is 0 Å². The summed E-state index contributed by atoms with van der Waals surface area (Å²) >= 11 is 0. The number of nitrogens with zero attached hydrogens (tertiary/aromatic N) is 2. The lowest BCUT2D eigenvalue weighted by Gasteiger charge is -2.54. The molecule has 2 aliphatic heterocycles. The Balaban J connectivity index is 1.88. The van der Waals surface area contributed by atoms with Gasteiger partial charge in [0.15, 0.2) is 0 Å². The molecule has 1 N–H and O–H groups in total. The van der Waals surface area contributed by atoms with Crippen LogP contribution < -0.4 is 5.32 Å². The highest BCUT2D eigenvalue weighted by Gasteiger charge is 2.49. The maximum Gasteiger partial charge on any atom is 0.410 e. The molecule has 7 nitrogen and oxygen atoms in total. The van der Waals surface area contributed by atoms with Crippen LogP contribution in [0.5, 0.6) is 0 Å². The standard InChI is InChI=1S/C16H29N3O4/c1-14(2,3)22-12(20)18-8-7-17-16(9-18)10-19(11-16)13(21)23-15(4,5)6/h17H,7-11H2,1-6H3. The van der Waals surface area contributed by atoms with Crippen LogP contribution in [-0.2, 0) is 9.47 Å². The number of nitrogens with one attached hydrogen (secondary N) is 1. The predicted molar refractivity (Wildman–Crippen MR) is 86.3 cm³/mol. The van der Waals surface area contributed by atoms with E-state index in [1.807, 2.05) is 41.5 Å².